The van der Waals surface area contributed by atoms with Crippen LogP contribution in [0.25, 0.3) is 33.9 Å². The minimum atomic E-state index is -1.32. The molecule has 274 valence electrons. The van der Waals surface area contributed by atoms with Crippen LogP contribution in [0.1, 0.15) is 60.8 Å². The molecule has 2 aromatic carbocycles. The molecule has 4 heterocycles. The Balaban J connectivity index is 1.07. The molecule has 4 atom stereocenters. The Morgan fingerprint density at radius 1 is 0.519 bits per heavy atom. The molecule has 6 aromatic rings. The van der Waals surface area contributed by atoms with Crippen molar-refractivity contribution in [1.82, 2.24) is 51.2 Å². The average molecular weight is 729 g/mol. The molecule has 0 bridgehead atoms. The lowest BCUT2D eigenvalue weighted by Crippen LogP contribution is -2.40. The Morgan fingerprint density at radius 3 is 1.24 bits per heavy atom. The molecule has 0 aliphatic rings. The summed E-state index contributed by atoms with van der Waals surface area (Å²) in [5.41, 5.74) is 5.13. The van der Waals surface area contributed by atoms with Gasteiger partial charge in [0, 0.05) is 23.5 Å². The number of aromatic amines is 2. The number of imidazole rings is 2. The minimum Gasteiger partial charge on any atom is -0.465 e. The van der Waals surface area contributed by atoms with E-state index in [4.69, 9.17) is 0 Å². The van der Waals surface area contributed by atoms with Crippen LogP contribution < -0.4 is 21.3 Å². The Bertz CT molecular complexity index is 2070. The summed E-state index contributed by atoms with van der Waals surface area (Å²) in [6, 6.07) is 21.2. The molecule has 16 heteroatoms. The lowest BCUT2D eigenvalue weighted by molar-refractivity contribution is -0.124. The standard InChI is InChI=1S/C38H36N10O6/c1-21(43-35(49)31(47-37(51)52)23-9-5-3-6-10-23)33-41-19-29(45-33)25-13-15-27(39-17-25)28-16-14-26(18-40-28)30-20-42-34(46-30)22(2)44-36(50)32(48-38(53)54)24-11-7-4-8-12-24/h3-22,31-32,47-48H,1-2H3,(H,41,45)(H,42,46)(H,43,49)(H,44,50)(H,51,52)(H,53,54)/t21-,22-,31+,32+/m0/s1. The van der Waals surface area contributed by atoms with Crippen LogP contribution in [0.2, 0.25) is 0 Å². The van der Waals surface area contributed by atoms with E-state index in [0.29, 0.717) is 45.6 Å². The molecule has 0 saturated carbocycles. The molecule has 0 aliphatic carbocycles. The number of hydrogen-bond acceptors (Lipinski definition) is 8. The van der Waals surface area contributed by atoms with Crippen molar-refractivity contribution in [2.75, 3.05) is 0 Å². The lowest BCUT2D eigenvalue weighted by Gasteiger charge is -2.19. The number of rotatable bonds is 13. The van der Waals surface area contributed by atoms with Crippen molar-refractivity contribution in [2.24, 2.45) is 0 Å². The summed E-state index contributed by atoms with van der Waals surface area (Å²) >= 11 is 0. The summed E-state index contributed by atoms with van der Waals surface area (Å²) in [6.45, 7) is 3.49. The number of hydrogen-bond donors (Lipinski definition) is 8. The molecule has 0 aliphatic heterocycles. The number of benzene rings is 2. The Morgan fingerprint density at radius 2 is 0.907 bits per heavy atom. The predicted octanol–water partition coefficient (Wildman–Crippen LogP) is 5.30. The van der Waals surface area contributed by atoms with Crippen molar-refractivity contribution in [3.05, 3.63) is 132 Å². The van der Waals surface area contributed by atoms with Crippen molar-refractivity contribution < 1.29 is 29.4 Å². The summed E-state index contributed by atoms with van der Waals surface area (Å²) in [5, 5.41) is 28.7. The van der Waals surface area contributed by atoms with Gasteiger partial charge in [0.25, 0.3) is 0 Å². The highest BCUT2D eigenvalue weighted by Gasteiger charge is 2.26. The van der Waals surface area contributed by atoms with E-state index in [2.05, 4.69) is 51.2 Å². The van der Waals surface area contributed by atoms with Gasteiger partial charge in [-0.3, -0.25) is 19.6 Å². The second-order valence-corrected chi connectivity index (χ2v) is 12.3. The summed E-state index contributed by atoms with van der Waals surface area (Å²) in [6.07, 6.45) is 3.99. The van der Waals surface area contributed by atoms with Crippen LogP contribution in [0.15, 0.2) is 110 Å². The fraction of sp³-hybridized carbons (Fsp3) is 0.158. The van der Waals surface area contributed by atoms with E-state index in [-0.39, 0.29) is 0 Å². The number of carboxylic acid groups (broad SMARTS) is 2. The van der Waals surface area contributed by atoms with Crippen molar-refractivity contribution in [1.29, 1.82) is 0 Å². The van der Waals surface area contributed by atoms with Gasteiger partial charge >= 0.3 is 12.2 Å². The smallest absolute Gasteiger partial charge is 0.405 e. The SMILES string of the molecule is C[C@H](NC(=O)[C@H](NC(=O)O)c1ccccc1)c1ncc(-c2ccc(-c3ccc(-c4cnc([C@H](C)NC(=O)[C@H](NC(=O)O)c5ccccc5)[nH]4)cn3)nc2)[nH]1. The number of carbonyl (C=O) groups is 4. The van der Waals surface area contributed by atoms with Gasteiger partial charge < -0.3 is 41.4 Å². The van der Waals surface area contributed by atoms with Crippen LogP contribution in [-0.2, 0) is 9.59 Å². The maximum atomic E-state index is 13.0. The minimum absolute atomic E-state index is 0.479. The first-order valence-corrected chi connectivity index (χ1v) is 16.8. The average Bonchev–Trinajstić information content (AvgIpc) is 3.88. The second kappa shape index (κ2) is 16.3. The number of pyridine rings is 2. The van der Waals surface area contributed by atoms with Gasteiger partial charge in [0.05, 0.1) is 47.3 Å². The van der Waals surface area contributed by atoms with E-state index < -0.39 is 48.2 Å². The van der Waals surface area contributed by atoms with E-state index in [1.807, 2.05) is 24.3 Å². The third kappa shape index (κ3) is 8.74. The van der Waals surface area contributed by atoms with Crippen LogP contribution in [-0.4, -0.2) is 64.1 Å². The molecule has 0 unspecified atom stereocenters. The first-order valence-electron chi connectivity index (χ1n) is 16.8. The van der Waals surface area contributed by atoms with Crippen molar-refractivity contribution >= 4 is 24.0 Å². The maximum absolute atomic E-state index is 13.0. The van der Waals surface area contributed by atoms with E-state index in [1.165, 1.54) is 0 Å². The number of H-pyrrole nitrogens is 2. The van der Waals surface area contributed by atoms with Gasteiger partial charge in [0.1, 0.15) is 23.7 Å². The molecule has 4 amide bonds. The number of nitrogens with zero attached hydrogens (tertiary/aromatic N) is 4. The molecule has 6 rings (SSSR count). The third-order valence-corrected chi connectivity index (χ3v) is 8.47. The number of carbonyl (C=O) groups excluding carboxylic acids is 2. The quantitative estimate of drug-likeness (QED) is 0.0764. The van der Waals surface area contributed by atoms with Crippen LogP contribution in [0.3, 0.4) is 0 Å². The van der Waals surface area contributed by atoms with E-state index in [9.17, 15) is 29.4 Å². The molecule has 8 N–H and O–H groups in total. The topological polar surface area (TPSA) is 240 Å². The highest BCUT2D eigenvalue weighted by Crippen LogP contribution is 2.25. The van der Waals surface area contributed by atoms with E-state index in [0.717, 1.165) is 11.1 Å². The van der Waals surface area contributed by atoms with Crippen molar-refractivity contribution in [2.45, 2.75) is 38.0 Å². The summed E-state index contributed by atoms with van der Waals surface area (Å²) in [7, 11) is 0. The van der Waals surface area contributed by atoms with Crippen LogP contribution >= 0.6 is 0 Å². The molecular formula is C38H36N10O6. The normalized spacial score (nSPS) is 13.1. The van der Waals surface area contributed by atoms with Gasteiger partial charge in [0.2, 0.25) is 11.8 Å². The summed E-state index contributed by atoms with van der Waals surface area (Å²) in [5.74, 6) is -0.0802. The van der Waals surface area contributed by atoms with Gasteiger partial charge in [0.15, 0.2) is 0 Å². The molecule has 54 heavy (non-hydrogen) atoms. The van der Waals surface area contributed by atoms with Gasteiger partial charge in [-0.2, -0.15) is 0 Å². The zero-order valence-corrected chi connectivity index (χ0v) is 29.0. The Hall–Kier alpha value is -7.36. The molecule has 0 radical (unpaired) electrons. The zero-order valence-electron chi connectivity index (χ0n) is 29.0. The van der Waals surface area contributed by atoms with Crippen molar-refractivity contribution in [3.8, 4) is 33.9 Å². The summed E-state index contributed by atoms with van der Waals surface area (Å²) in [4.78, 5) is 73.2. The van der Waals surface area contributed by atoms with Crippen molar-refractivity contribution in [3.63, 3.8) is 0 Å². The number of amides is 4. The Kier molecular flexibility index (Phi) is 11.0. The monoisotopic (exact) mass is 728 g/mol. The third-order valence-electron chi connectivity index (χ3n) is 8.47. The number of nitrogens with one attached hydrogen (secondary N) is 6. The van der Waals surface area contributed by atoms with Gasteiger partial charge in [-0.1, -0.05) is 60.7 Å². The molecular weight excluding hydrogens is 692 g/mol. The van der Waals surface area contributed by atoms with Crippen LogP contribution in [0.5, 0.6) is 0 Å². The molecule has 0 fully saturated rings. The molecule has 0 saturated heterocycles. The Labute approximate surface area is 308 Å². The van der Waals surface area contributed by atoms with E-state index >= 15 is 0 Å². The van der Waals surface area contributed by atoms with Crippen LogP contribution in [0, 0.1) is 0 Å². The maximum Gasteiger partial charge on any atom is 0.405 e. The molecule has 16 nitrogen and oxygen atoms in total. The highest BCUT2D eigenvalue weighted by molar-refractivity contribution is 5.87. The number of aromatic nitrogens is 6. The van der Waals surface area contributed by atoms with E-state index in [1.54, 1.807) is 99.3 Å². The highest BCUT2D eigenvalue weighted by atomic mass is 16.4. The molecule has 4 aromatic heterocycles. The van der Waals surface area contributed by atoms with Gasteiger partial charge in [-0.25, -0.2) is 19.6 Å². The fourth-order valence-electron chi connectivity index (χ4n) is 5.68. The fourth-order valence-corrected chi connectivity index (χ4v) is 5.68. The predicted molar refractivity (Wildman–Crippen MR) is 196 cm³/mol. The van der Waals surface area contributed by atoms with Gasteiger partial charge in [-0.15, -0.1) is 0 Å². The largest absolute Gasteiger partial charge is 0.465 e. The summed E-state index contributed by atoms with van der Waals surface area (Å²) < 4.78 is 0. The lowest BCUT2D eigenvalue weighted by atomic mass is 10.1. The van der Waals surface area contributed by atoms with Crippen LogP contribution in [0.4, 0.5) is 9.59 Å². The molecule has 0 spiro atoms. The zero-order chi connectivity index (χ0) is 38.2. The first kappa shape index (κ1) is 36.4. The second-order valence-electron chi connectivity index (χ2n) is 12.3. The first-order chi connectivity index (χ1) is 26.0. The van der Waals surface area contributed by atoms with Gasteiger partial charge in [-0.05, 0) is 49.2 Å².